The molecule has 0 atom stereocenters. The molecular weight excluding hydrogens is 454 g/mol. The van der Waals surface area contributed by atoms with Crippen molar-refractivity contribution in [2.45, 2.75) is 79.6 Å². The molecule has 3 rings (SSSR count). The van der Waals surface area contributed by atoms with E-state index in [-0.39, 0.29) is 6.61 Å². The van der Waals surface area contributed by atoms with Crippen LogP contribution in [0, 0.1) is 0 Å². The van der Waals surface area contributed by atoms with Gasteiger partial charge in [-0.2, -0.15) is 0 Å². The number of hydrogen-bond acceptors (Lipinski definition) is 2. The van der Waals surface area contributed by atoms with Crippen LogP contribution in [0.25, 0.3) is 11.1 Å². The lowest BCUT2D eigenvalue weighted by atomic mass is 10.0. The molecule has 1 aliphatic rings. The standard InChI is InChI=1S/C34H43NO2/c1-25(2)11-8-12-26(3)13-9-14-27(4)15-10-16-28(5)21-22-37-34(36)35-31-19-20-33-30(24-31)23-29-17-6-7-18-32(29)33/h6-7,11,13,15,17-21,24H,8-10,12,14,16,22-23H2,1-5H3,(H,35,36). The summed E-state index contributed by atoms with van der Waals surface area (Å²) in [5.41, 5.74) is 11.4. The zero-order chi connectivity index (χ0) is 26.6. The number of benzene rings is 2. The molecule has 1 N–H and O–H groups in total. The van der Waals surface area contributed by atoms with Gasteiger partial charge in [0.05, 0.1) is 0 Å². The van der Waals surface area contributed by atoms with E-state index in [9.17, 15) is 4.79 Å². The van der Waals surface area contributed by atoms with Crippen LogP contribution in [0.3, 0.4) is 0 Å². The summed E-state index contributed by atoms with van der Waals surface area (Å²) in [6.07, 6.45) is 16.0. The molecule has 0 saturated heterocycles. The zero-order valence-electron chi connectivity index (χ0n) is 23.3. The number of fused-ring (bicyclic) bond motifs is 3. The van der Waals surface area contributed by atoms with Crippen LogP contribution in [0.4, 0.5) is 10.5 Å². The van der Waals surface area contributed by atoms with E-state index >= 15 is 0 Å². The maximum atomic E-state index is 12.3. The van der Waals surface area contributed by atoms with Gasteiger partial charge in [0.15, 0.2) is 0 Å². The van der Waals surface area contributed by atoms with Crippen molar-refractivity contribution in [1.29, 1.82) is 0 Å². The highest BCUT2D eigenvalue weighted by Crippen LogP contribution is 2.37. The Bertz CT molecular complexity index is 1190. The molecule has 3 heteroatoms. The molecule has 2 aromatic rings. The largest absolute Gasteiger partial charge is 0.445 e. The Morgan fingerprint density at radius 3 is 2.03 bits per heavy atom. The predicted molar refractivity (Wildman–Crippen MR) is 158 cm³/mol. The van der Waals surface area contributed by atoms with Crippen LogP contribution in [-0.4, -0.2) is 12.7 Å². The quantitative estimate of drug-likeness (QED) is 0.253. The molecule has 0 aliphatic heterocycles. The SMILES string of the molecule is CC(C)=CCCC(C)=CCCC(C)=CCCC(C)=CCOC(=O)Nc1ccc2c(c1)Cc1ccccc1-2. The van der Waals surface area contributed by atoms with Crippen molar-refractivity contribution in [3.05, 3.63) is 100 Å². The maximum Gasteiger partial charge on any atom is 0.411 e. The molecular formula is C34H43NO2. The van der Waals surface area contributed by atoms with Crippen molar-refractivity contribution in [2.75, 3.05) is 11.9 Å². The minimum atomic E-state index is -0.417. The molecule has 37 heavy (non-hydrogen) atoms. The number of carbonyl (C=O) groups excluding carboxylic acids is 1. The van der Waals surface area contributed by atoms with E-state index in [1.54, 1.807) is 0 Å². The highest BCUT2D eigenvalue weighted by Gasteiger charge is 2.18. The summed E-state index contributed by atoms with van der Waals surface area (Å²) in [5.74, 6) is 0. The van der Waals surface area contributed by atoms with Gasteiger partial charge in [-0.3, -0.25) is 5.32 Å². The number of ether oxygens (including phenoxy) is 1. The smallest absolute Gasteiger partial charge is 0.411 e. The molecule has 0 saturated carbocycles. The van der Waals surface area contributed by atoms with Crippen molar-refractivity contribution in [1.82, 2.24) is 0 Å². The second kappa shape index (κ2) is 14.4. The maximum absolute atomic E-state index is 12.3. The molecule has 1 amide bonds. The lowest BCUT2D eigenvalue weighted by molar-refractivity contribution is 0.174. The normalized spacial score (nSPS) is 13.2. The van der Waals surface area contributed by atoms with Gasteiger partial charge in [-0.25, -0.2) is 4.79 Å². The topological polar surface area (TPSA) is 38.3 Å². The molecule has 0 fully saturated rings. The van der Waals surface area contributed by atoms with Crippen molar-refractivity contribution in [3.63, 3.8) is 0 Å². The van der Waals surface area contributed by atoms with Crippen LogP contribution in [0.5, 0.6) is 0 Å². The fourth-order valence-electron chi connectivity index (χ4n) is 4.62. The van der Waals surface area contributed by atoms with Gasteiger partial charge >= 0.3 is 6.09 Å². The van der Waals surface area contributed by atoms with Crippen LogP contribution in [0.2, 0.25) is 0 Å². The highest BCUT2D eigenvalue weighted by atomic mass is 16.5. The van der Waals surface area contributed by atoms with Crippen molar-refractivity contribution < 1.29 is 9.53 Å². The minimum Gasteiger partial charge on any atom is -0.445 e. The molecule has 0 unspecified atom stereocenters. The first-order valence-corrected chi connectivity index (χ1v) is 13.6. The van der Waals surface area contributed by atoms with Crippen LogP contribution >= 0.6 is 0 Å². The van der Waals surface area contributed by atoms with Crippen molar-refractivity contribution in [2.24, 2.45) is 0 Å². The average molecular weight is 498 g/mol. The van der Waals surface area contributed by atoms with Gasteiger partial charge < -0.3 is 4.74 Å². The monoisotopic (exact) mass is 497 g/mol. The van der Waals surface area contributed by atoms with E-state index in [4.69, 9.17) is 4.74 Å². The summed E-state index contributed by atoms with van der Waals surface area (Å²) in [4.78, 5) is 12.3. The molecule has 0 aromatic heterocycles. The lowest BCUT2D eigenvalue weighted by Gasteiger charge is -2.08. The second-order valence-corrected chi connectivity index (χ2v) is 10.5. The summed E-state index contributed by atoms with van der Waals surface area (Å²) >= 11 is 0. The third-order valence-electron chi connectivity index (χ3n) is 6.84. The van der Waals surface area contributed by atoms with Gasteiger partial charge in [-0.15, -0.1) is 0 Å². The summed E-state index contributed by atoms with van der Waals surface area (Å²) in [7, 11) is 0. The van der Waals surface area contributed by atoms with Gasteiger partial charge in [-0.05, 0) is 120 Å². The first kappa shape index (κ1) is 28.2. The Kier molecular flexibility index (Phi) is 11.0. The molecule has 0 spiro atoms. The number of rotatable bonds is 12. The average Bonchev–Trinajstić information content (AvgIpc) is 3.21. The Labute approximate surface area is 224 Å². The summed E-state index contributed by atoms with van der Waals surface area (Å²) in [6, 6.07) is 14.5. The van der Waals surface area contributed by atoms with Gasteiger partial charge in [0, 0.05) is 5.69 Å². The summed E-state index contributed by atoms with van der Waals surface area (Å²) in [5, 5.41) is 2.87. The third-order valence-corrected chi connectivity index (χ3v) is 6.84. The van der Waals surface area contributed by atoms with Crippen LogP contribution < -0.4 is 5.32 Å². The zero-order valence-corrected chi connectivity index (χ0v) is 23.3. The predicted octanol–water partition coefficient (Wildman–Crippen LogP) is 9.95. The van der Waals surface area contributed by atoms with Crippen LogP contribution in [-0.2, 0) is 11.2 Å². The first-order valence-electron chi connectivity index (χ1n) is 13.6. The minimum absolute atomic E-state index is 0.285. The Balaban J connectivity index is 1.33. The van der Waals surface area contributed by atoms with Gasteiger partial charge in [0.25, 0.3) is 0 Å². The van der Waals surface area contributed by atoms with Crippen molar-refractivity contribution in [3.8, 4) is 11.1 Å². The Morgan fingerprint density at radius 2 is 1.35 bits per heavy atom. The summed E-state index contributed by atoms with van der Waals surface area (Å²) < 4.78 is 5.39. The summed E-state index contributed by atoms with van der Waals surface area (Å²) in [6.45, 7) is 11.2. The molecule has 196 valence electrons. The van der Waals surface area contributed by atoms with E-state index in [2.05, 4.69) is 88.5 Å². The van der Waals surface area contributed by atoms with Gasteiger partial charge in [0.2, 0.25) is 0 Å². The molecule has 3 nitrogen and oxygen atoms in total. The molecule has 1 aliphatic carbocycles. The number of carbonyl (C=O) groups is 1. The van der Waals surface area contributed by atoms with E-state index < -0.39 is 6.09 Å². The van der Waals surface area contributed by atoms with Crippen LogP contribution in [0.1, 0.15) is 84.3 Å². The van der Waals surface area contributed by atoms with Gasteiger partial charge in [0.1, 0.15) is 6.61 Å². The number of anilines is 1. The third kappa shape index (κ3) is 9.57. The van der Waals surface area contributed by atoms with Crippen LogP contribution in [0.15, 0.2) is 89.1 Å². The number of nitrogens with one attached hydrogen (secondary N) is 1. The second-order valence-electron chi connectivity index (χ2n) is 10.5. The Morgan fingerprint density at radius 1 is 0.757 bits per heavy atom. The fourth-order valence-corrected chi connectivity index (χ4v) is 4.62. The lowest BCUT2D eigenvalue weighted by Crippen LogP contribution is -2.13. The molecule has 2 aromatic carbocycles. The van der Waals surface area contributed by atoms with E-state index in [1.165, 1.54) is 44.5 Å². The molecule has 0 radical (unpaired) electrons. The first-order chi connectivity index (χ1) is 17.8. The van der Waals surface area contributed by atoms with E-state index in [0.29, 0.717) is 0 Å². The molecule has 0 heterocycles. The number of amides is 1. The fraction of sp³-hybridized carbons (Fsp3) is 0.382. The number of allylic oxidation sites excluding steroid dienone is 7. The molecule has 0 bridgehead atoms. The Hall–Kier alpha value is -3.33. The van der Waals surface area contributed by atoms with Gasteiger partial charge in [-0.1, -0.05) is 70.9 Å². The van der Waals surface area contributed by atoms with Crippen molar-refractivity contribution >= 4 is 11.8 Å². The van der Waals surface area contributed by atoms with E-state index in [0.717, 1.165) is 50.6 Å². The number of hydrogen-bond donors (Lipinski definition) is 1. The highest BCUT2D eigenvalue weighted by molar-refractivity contribution is 5.87. The van der Waals surface area contributed by atoms with E-state index in [1.807, 2.05) is 18.2 Å².